The zero-order valence-electron chi connectivity index (χ0n) is 8.85. The van der Waals surface area contributed by atoms with E-state index in [4.69, 9.17) is 0 Å². The molecule has 0 aliphatic carbocycles. The van der Waals surface area contributed by atoms with E-state index in [9.17, 15) is 0 Å². The predicted molar refractivity (Wildman–Crippen MR) is 62.2 cm³/mol. The molecule has 0 atom stereocenters. The van der Waals surface area contributed by atoms with Gasteiger partial charge < -0.3 is 0 Å². The molecule has 0 aliphatic rings. The van der Waals surface area contributed by atoms with Crippen LogP contribution < -0.4 is 4.57 Å². The molecule has 1 heteroatoms. The first-order valence-corrected chi connectivity index (χ1v) is 5.00. The Labute approximate surface area is 90.3 Å². The van der Waals surface area contributed by atoms with E-state index in [1.807, 2.05) is 35.2 Å². The second-order valence-electron chi connectivity index (χ2n) is 3.60. The lowest BCUT2D eigenvalue weighted by atomic mass is 10.1. The number of hydrogen-bond acceptors (Lipinski definition) is 0. The maximum Gasteiger partial charge on any atom is 0.210 e. The number of hydrogen-bond donors (Lipinski definition) is 0. The van der Waals surface area contributed by atoms with Crippen LogP contribution in [-0.2, 0) is 0 Å². The maximum atomic E-state index is 4.09. The van der Waals surface area contributed by atoms with E-state index < -0.39 is 0 Å². The van der Waals surface area contributed by atoms with Crippen LogP contribution in [0.1, 0.15) is 11.1 Å². The van der Waals surface area contributed by atoms with Crippen molar-refractivity contribution in [1.82, 2.24) is 0 Å². The fraction of sp³-hybridized carbons (Fsp3) is 0.0714. The van der Waals surface area contributed by atoms with Gasteiger partial charge in [0.2, 0.25) is 5.70 Å². The Kier molecular flexibility index (Phi) is 2.64. The normalized spacial score (nSPS) is 9.93. The van der Waals surface area contributed by atoms with Crippen molar-refractivity contribution in [2.24, 2.45) is 0 Å². The molecule has 0 spiro atoms. The molecule has 0 N–H and O–H groups in total. The van der Waals surface area contributed by atoms with Gasteiger partial charge in [-0.25, -0.2) is 0 Å². The highest BCUT2D eigenvalue weighted by molar-refractivity contribution is 5.55. The highest BCUT2D eigenvalue weighted by Crippen LogP contribution is 2.07. The van der Waals surface area contributed by atoms with Crippen LogP contribution in [0.3, 0.4) is 0 Å². The summed E-state index contributed by atoms with van der Waals surface area (Å²) in [6, 6.07) is 14.3. The van der Waals surface area contributed by atoms with Crippen LogP contribution in [0, 0.1) is 6.92 Å². The molecule has 0 saturated carbocycles. The molecule has 0 unspecified atom stereocenters. The minimum Gasteiger partial charge on any atom is -0.167 e. The van der Waals surface area contributed by atoms with Crippen molar-refractivity contribution in [3.05, 3.63) is 72.6 Å². The molecule has 1 heterocycles. The van der Waals surface area contributed by atoms with Crippen LogP contribution in [0.15, 0.2) is 61.4 Å². The molecule has 1 aromatic carbocycles. The van der Waals surface area contributed by atoms with Gasteiger partial charge in [0.05, 0.1) is 0 Å². The summed E-state index contributed by atoms with van der Waals surface area (Å²) < 4.78 is 2.03. The number of rotatable bonds is 2. The summed E-state index contributed by atoms with van der Waals surface area (Å²) in [6.07, 6.45) is 4.06. The minimum atomic E-state index is 0.996. The van der Waals surface area contributed by atoms with Gasteiger partial charge in [-0.3, -0.25) is 0 Å². The molecule has 15 heavy (non-hydrogen) atoms. The van der Waals surface area contributed by atoms with Crippen LogP contribution in [-0.4, -0.2) is 0 Å². The van der Waals surface area contributed by atoms with E-state index in [0.29, 0.717) is 0 Å². The number of aromatic nitrogens is 1. The van der Waals surface area contributed by atoms with Gasteiger partial charge in [-0.2, -0.15) is 4.57 Å². The molecule has 2 aromatic rings. The van der Waals surface area contributed by atoms with Crippen molar-refractivity contribution >= 4 is 5.70 Å². The van der Waals surface area contributed by atoms with Gasteiger partial charge in [0.15, 0.2) is 12.4 Å². The third-order valence-corrected chi connectivity index (χ3v) is 2.41. The molecule has 1 aromatic heterocycles. The van der Waals surface area contributed by atoms with E-state index in [1.54, 1.807) is 0 Å². The van der Waals surface area contributed by atoms with Crippen LogP contribution in [0.4, 0.5) is 0 Å². The molecule has 0 radical (unpaired) electrons. The van der Waals surface area contributed by atoms with E-state index >= 15 is 0 Å². The quantitative estimate of drug-likeness (QED) is 0.650. The van der Waals surface area contributed by atoms with Crippen molar-refractivity contribution in [1.29, 1.82) is 0 Å². The Morgan fingerprint density at radius 1 is 1.00 bits per heavy atom. The molecule has 2 rings (SSSR count). The van der Waals surface area contributed by atoms with Gasteiger partial charge in [-0.05, 0) is 31.2 Å². The topological polar surface area (TPSA) is 3.88 Å². The molecule has 0 bridgehead atoms. The number of aryl methyl sites for hydroxylation is 1. The van der Waals surface area contributed by atoms with Crippen molar-refractivity contribution < 1.29 is 4.57 Å². The van der Waals surface area contributed by atoms with Crippen LogP contribution >= 0.6 is 0 Å². The predicted octanol–water partition coefficient (Wildman–Crippen LogP) is 2.80. The van der Waals surface area contributed by atoms with Gasteiger partial charge in [-0.1, -0.05) is 18.2 Å². The first-order chi connectivity index (χ1) is 7.27. The Morgan fingerprint density at radius 2 is 1.60 bits per heavy atom. The number of benzene rings is 1. The Hall–Kier alpha value is -1.89. The standard InChI is InChI=1S/C14H14N/c1-12-8-10-15(11-9-12)13(2)14-6-4-3-5-7-14/h3-11H,2H2,1H3/q+1. The highest BCUT2D eigenvalue weighted by Gasteiger charge is 2.07. The zero-order chi connectivity index (χ0) is 10.7. The second-order valence-corrected chi connectivity index (χ2v) is 3.60. The monoisotopic (exact) mass is 196 g/mol. The van der Waals surface area contributed by atoms with Crippen LogP contribution in [0.25, 0.3) is 5.70 Å². The van der Waals surface area contributed by atoms with E-state index in [-0.39, 0.29) is 0 Å². The van der Waals surface area contributed by atoms with E-state index in [0.717, 1.165) is 11.3 Å². The summed E-state index contributed by atoms with van der Waals surface area (Å²) in [5.74, 6) is 0. The third kappa shape index (κ3) is 2.13. The van der Waals surface area contributed by atoms with Crippen molar-refractivity contribution in [3.8, 4) is 0 Å². The Balaban J connectivity index is 2.33. The zero-order valence-corrected chi connectivity index (χ0v) is 8.85. The SMILES string of the molecule is C=C(c1ccccc1)[n+]1ccc(C)cc1. The molecular formula is C14H14N+. The Morgan fingerprint density at radius 3 is 2.20 bits per heavy atom. The molecular weight excluding hydrogens is 182 g/mol. The Bertz CT molecular complexity index is 454. The average Bonchev–Trinajstić information content (AvgIpc) is 2.30. The molecule has 0 saturated heterocycles. The summed E-state index contributed by atoms with van der Waals surface area (Å²) in [6.45, 7) is 6.17. The largest absolute Gasteiger partial charge is 0.210 e. The first-order valence-electron chi connectivity index (χ1n) is 5.00. The minimum absolute atomic E-state index is 0.996. The smallest absolute Gasteiger partial charge is 0.167 e. The molecule has 0 aliphatic heterocycles. The highest BCUT2D eigenvalue weighted by atomic mass is 14.9. The summed E-state index contributed by atoms with van der Waals surface area (Å²) in [5.41, 5.74) is 3.40. The lowest BCUT2D eigenvalue weighted by Gasteiger charge is -1.99. The van der Waals surface area contributed by atoms with Gasteiger partial charge in [0.25, 0.3) is 0 Å². The molecule has 0 fully saturated rings. The fourth-order valence-corrected chi connectivity index (χ4v) is 1.46. The van der Waals surface area contributed by atoms with Crippen LogP contribution in [0.5, 0.6) is 0 Å². The van der Waals surface area contributed by atoms with Gasteiger partial charge >= 0.3 is 0 Å². The van der Waals surface area contributed by atoms with Crippen molar-refractivity contribution in [3.63, 3.8) is 0 Å². The lowest BCUT2D eigenvalue weighted by molar-refractivity contribution is -0.578. The van der Waals surface area contributed by atoms with Crippen molar-refractivity contribution in [2.75, 3.05) is 0 Å². The summed E-state index contributed by atoms with van der Waals surface area (Å²) in [7, 11) is 0. The van der Waals surface area contributed by atoms with Crippen LogP contribution in [0.2, 0.25) is 0 Å². The summed E-state index contributed by atoms with van der Waals surface area (Å²) in [4.78, 5) is 0. The molecule has 0 amide bonds. The molecule has 1 nitrogen and oxygen atoms in total. The second kappa shape index (κ2) is 4.09. The van der Waals surface area contributed by atoms with Crippen molar-refractivity contribution in [2.45, 2.75) is 6.92 Å². The first kappa shape index (κ1) is 9.66. The van der Waals surface area contributed by atoms with Gasteiger partial charge in [-0.15, -0.1) is 0 Å². The summed E-state index contributed by atoms with van der Waals surface area (Å²) >= 11 is 0. The van der Waals surface area contributed by atoms with Gasteiger partial charge in [0, 0.05) is 17.7 Å². The van der Waals surface area contributed by atoms with E-state index in [2.05, 4.69) is 37.8 Å². The third-order valence-electron chi connectivity index (χ3n) is 2.41. The van der Waals surface area contributed by atoms with Gasteiger partial charge in [0.1, 0.15) is 0 Å². The average molecular weight is 196 g/mol. The fourth-order valence-electron chi connectivity index (χ4n) is 1.46. The lowest BCUT2D eigenvalue weighted by Crippen LogP contribution is -2.31. The number of pyridine rings is 1. The summed E-state index contributed by atoms with van der Waals surface area (Å²) in [5, 5.41) is 0. The maximum absolute atomic E-state index is 4.09. The van der Waals surface area contributed by atoms with E-state index in [1.165, 1.54) is 5.56 Å². The molecule has 74 valence electrons. The number of nitrogens with zero attached hydrogens (tertiary/aromatic N) is 1.